The van der Waals surface area contributed by atoms with Crippen molar-refractivity contribution in [1.29, 1.82) is 5.26 Å². The fourth-order valence-corrected chi connectivity index (χ4v) is 6.74. The number of amides is 1. The lowest BCUT2D eigenvalue weighted by atomic mass is 9.58. The number of fused-ring (bicyclic) bond motifs is 2. The highest BCUT2D eigenvalue weighted by molar-refractivity contribution is 5.97. The maximum atomic E-state index is 13.0. The van der Waals surface area contributed by atoms with Gasteiger partial charge < -0.3 is 15.3 Å². The van der Waals surface area contributed by atoms with E-state index in [9.17, 15) is 15.2 Å². The van der Waals surface area contributed by atoms with Crippen LogP contribution in [0.5, 0.6) is 0 Å². The van der Waals surface area contributed by atoms with Crippen LogP contribution in [0, 0.1) is 11.3 Å². The van der Waals surface area contributed by atoms with Crippen molar-refractivity contribution < 1.29 is 9.90 Å². The smallest absolute Gasteiger partial charge is 0.252 e. The Morgan fingerprint density at radius 1 is 1.20 bits per heavy atom. The highest BCUT2D eigenvalue weighted by Gasteiger charge is 2.47. The predicted octanol–water partition coefficient (Wildman–Crippen LogP) is 4.87. The normalized spacial score (nSPS) is 23.5. The van der Waals surface area contributed by atoms with E-state index in [1.54, 1.807) is 0 Å². The Kier molecular flexibility index (Phi) is 6.28. The van der Waals surface area contributed by atoms with Crippen molar-refractivity contribution in [2.45, 2.75) is 62.7 Å². The first kappa shape index (κ1) is 23.4. The van der Waals surface area contributed by atoms with Crippen molar-refractivity contribution in [3.63, 3.8) is 0 Å². The van der Waals surface area contributed by atoms with Crippen LogP contribution in [0.15, 0.2) is 71.3 Å². The lowest BCUT2D eigenvalue weighted by molar-refractivity contribution is -0.117. The Morgan fingerprint density at radius 2 is 1.94 bits per heavy atom. The molecule has 1 spiro atoms. The number of nitrogens with zero attached hydrogens (tertiary/aromatic N) is 2. The topological polar surface area (TPSA) is 76.4 Å². The Balaban J connectivity index is 1.47. The minimum absolute atomic E-state index is 0.0122. The van der Waals surface area contributed by atoms with Crippen molar-refractivity contribution >= 4 is 5.91 Å². The standard InChI is InChI=1S/C30H33N3O2/c1-3-23-18-21(11-16-34)25-10-6-7-22(19-31)28(25)30(23)12-14-33(15-13-30)27-17-20(2)24-8-4-5-9-26(24)29(35)32-27/h6-7,10,17,21,34H,1-2,4-5,8-9,11-16,18H2,(H,32,35). The van der Waals surface area contributed by atoms with E-state index in [1.165, 1.54) is 5.56 Å². The molecular weight excluding hydrogens is 434 g/mol. The first-order chi connectivity index (χ1) is 17.0. The number of carbonyl (C=O) groups excluding carboxylic acids is 1. The molecule has 1 fully saturated rings. The molecule has 2 aliphatic carbocycles. The van der Waals surface area contributed by atoms with Gasteiger partial charge in [0.2, 0.25) is 0 Å². The van der Waals surface area contributed by atoms with Gasteiger partial charge in [0.05, 0.1) is 11.6 Å². The number of piperidine rings is 1. The highest BCUT2D eigenvalue weighted by Crippen LogP contribution is 2.53. The van der Waals surface area contributed by atoms with Crippen molar-refractivity contribution in [2.75, 3.05) is 19.7 Å². The number of aliphatic hydroxyl groups is 1. The minimum atomic E-state index is -0.296. The van der Waals surface area contributed by atoms with Gasteiger partial charge in [-0.15, -0.1) is 5.73 Å². The molecule has 2 N–H and O–H groups in total. The molecule has 1 aromatic carbocycles. The van der Waals surface area contributed by atoms with E-state index in [2.05, 4.69) is 41.2 Å². The zero-order chi connectivity index (χ0) is 24.6. The zero-order valence-corrected chi connectivity index (χ0v) is 20.3. The molecule has 0 radical (unpaired) electrons. The molecular formula is C30H33N3O2. The number of carbonyl (C=O) groups is 1. The number of hydrogen-bond donors (Lipinski definition) is 2. The third-order valence-electron chi connectivity index (χ3n) is 8.49. The molecule has 35 heavy (non-hydrogen) atoms. The Labute approximate surface area is 207 Å². The summed E-state index contributed by atoms with van der Waals surface area (Å²) in [5, 5.41) is 22.9. The molecule has 1 atom stereocenters. The second-order valence-corrected chi connectivity index (χ2v) is 10.2. The molecule has 0 saturated carbocycles. The SMILES string of the molecule is C=C=C1CC(CCO)c2cccc(C#N)c2C12CCN(C1=CC(=C)C3=C(CCCC3)C(=O)N1)CC2. The van der Waals surface area contributed by atoms with Gasteiger partial charge >= 0.3 is 0 Å². The number of nitrogens with one attached hydrogen (secondary N) is 1. The van der Waals surface area contributed by atoms with E-state index in [0.29, 0.717) is 12.0 Å². The number of nitriles is 1. The summed E-state index contributed by atoms with van der Waals surface area (Å²) >= 11 is 0. The van der Waals surface area contributed by atoms with Crippen LogP contribution in [0.3, 0.4) is 0 Å². The summed E-state index contributed by atoms with van der Waals surface area (Å²) in [5.74, 6) is 1.01. The second-order valence-electron chi connectivity index (χ2n) is 10.2. The van der Waals surface area contributed by atoms with Crippen LogP contribution in [0.2, 0.25) is 0 Å². The maximum Gasteiger partial charge on any atom is 0.252 e. The molecule has 2 aliphatic heterocycles. The number of hydrogen-bond acceptors (Lipinski definition) is 4. The summed E-state index contributed by atoms with van der Waals surface area (Å²) in [6, 6.07) is 8.42. The van der Waals surface area contributed by atoms with Crippen molar-refractivity contribution in [3.05, 3.63) is 88.0 Å². The second kappa shape index (κ2) is 9.38. The van der Waals surface area contributed by atoms with Crippen molar-refractivity contribution in [3.8, 4) is 6.07 Å². The molecule has 5 nitrogen and oxygen atoms in total. The minimum Gasteiger partial charge on any atom is -0.396 e. The molecule has 4 aliphatic rings. The number of likely N-dealkylation sites (tertiary alicyclic amines) is 1. The third kappa shape index (κ3) is 3.88. The average Bonchev–Trinajstić information content (AvgIpc) is 3.02. The number of aliphatic hydroxyl groups excluding tert-OH is 1. The van der Waals surface area contributed by atoms with E-state index in [0.717, 1.165) is 91.7 Å². The van der Waals surface area contributed by atoms with E-state index in [1.807, 2.05) is 18.2 Å². The Hall–Kier alpha value is -3.32. The number of benzene rings is 1. The summed E-state index contributed by atoms with van der Waals surface area (Å²) in [4.78, 5) is 15.3. The molecule has 1 unspecified atom stereocenters. The average molecular weight is 468 g/mol. The van der Waals surface area contributed by atoms with Crippen LogP contribution in [0.1, 0.15) is 74.0 Å². The van der Waals surface area contributed by atoms with E-state index in [-0.39, 0.29) is 23.8 Å². The van der Waals surface area contributed by atoms with Crippen molar-refractivity contribution in [2.24, 2.45) is 0 Å². The van der Waals surface area contributed by atoms with E-state index >= 15 is 0 Å². The lowest BCUT2D eigenvalue weighted by Crippen LogP contribution is -2.48. The van der Waals surface area contributed by atoms with Crippen molar-refractivity contribution in [1.82, 2.24) is 10.2 Å². The Bertz CT molecular complexity index is 1230. The first-order valence-electron chi connectivity index (χ1n) is 12.8. The summed E-state index contributed by atoms with van der Waals surface area (Å²) in [5.41, 5.74) is 10.0. The fraction of sp³-hybridized carbons (Fsp3) is 0.433. The van der Waals surface area contributed by atoms with Gasteiger partial charge in [-0.1, -0.05) is 25.3 Å². The Morgan fingerprint density at radius 3 is 2.63 bits per heavy atom. The van der Waals surface area contributed by atoms with Gasteiger partial charge in [0.1, 0.15) is 5.82 Å². The van der Waals surface area contributed by atoms with Crippen LogP contribution in [0.4, 0.5) is 0 Å². The van der Waals surface area contributed by atoms with Gasteiger partial charge in [-0.25, -0.2) is 0 Å². The largest absolute Gasteiger partial charge is 0.396 e. The van der Waals surface area contributed by atoms with Crippen LogP contribution in [-0.4, -0.2) is 35.6 Å². The quantitative estimate of drug-likeness (QED) is 0.622. The fourth-order valence-electron chi connectivity index (χ4n) is 6.74. The van der Waals surface area contributed by atoms with Crippen LogP contribution < -0.4 is 5.32 Å². The molecule has 2 heterocycles. The molecule has 5 rings (SSSR count). The monoisotopic (exact) mass is 467 g/mol. The summed E-state index contributed by atoms with van der Waals surface area (Å²) in [6.45, 7) is 9.94. The van der Waals surface area contributed by atoms with Crippen LogP contribution in [-0.2, 0) is 10.2 Å². The molecule has 0 aromatic heterocycles. The van der Waals surface area contributed by atoms with Gasteiger partial charge in [-0.05, 0) is 97.3 Å². The van der Waals surface area contributed by atoms with Gasteiger partial charge in [-0.2, -0.15) is 5.26 Å². The van der Waals surface area contributed by atoms with E-state index in [4.69, 9.17) is 0 Å². The van der Waals surface area contributed by atoms with Crippen LogP contribution in [0.25, 0.3) is 0 Å². The molecule has 1 aromatic rings. The molecule has 5 heteroatoms. The zero-order valence-electron chi connectivity index (χ0n) is 20.3. The maximum absolute atomic E-state index is 13.0. The molecule has 1 amide bonds. The molecule has 1 saturated heterocycles. The molecule has 0 bridgehead atoms. The summed E-state index contributed by atoms with van der Waals surface area (Å²) in [6.07, 6.45) is 9.04. The predicted molar refractivity (Wildman–Crippen MR) is 136 cm³/mol. The summed E-state index contributed by atoms with van der Waals surface area (Å²) in [7, 11) is 0. The number of allylic oxidation sites excluding steroid dienone is 4. The van der Waals surface area contributed by atoms with Crippen LogP contribution >= 0.6 is 0 Å². The molecule has 180 valence electrons. The van der Waals surface area contributed by atoms with E-state index < -0.39 is 0 Å². The van der Waals surface area contributed by atoms with Gasteiger partial charge in [0.25, 0.3) is 5.91 Å². The van der Waals surface area contributed by atoms with Gasteiger partial charge in [-0.3, -0.25) is 4.79 Å². The van der Waals surface area contributed by atoms with Gasteiger partial charge in [0, 0.05) is 30.7 Å². The summed E-state index contributed by atoms with van der Waals surface area (Å²) < 4.78 is 0. The number of rotatable bonds is 3. The third-order valence-corrected chi connectivity index (χ3v) is 8.49. The first-order valence-corrected chi connectivity index (χ1v) is 12.8. The highest BCUT2D eigenvalue weighted by atomic mass is 16.3. The van der Waals surface area contributed by atoms with Gasteiger partial charge in [0.15, 0.2) is 0 Å². The lowest BCUT2D eigenvalue weighted by Gasteiger charge is -2.49.